The molecule has 2 aromatic carbocycles. The molecule has 0 N–H and O–H groups in total. The maximum atomic E-state index is 8.97. The summed E-state index contributed by atoms with van der Waals surface area (Å²) < 4.78 is 2.38. The molecule has 0 radical (unpaired) electrons. The van der Waals surface area contributed by atoms with E-state index in [2.05, 4.69) is 47.0 Å². The molecular formula is C19H16N2. The molecule has 0 spiro atoms. The molecule has 21 heavy (non-hydrogen) atoms. The third kappa shape index (κ3) is 1.86. The number of rotatable bonds is 1. The first-order valence-electron chi connectivity index (χ1n) is 7.50. The second-order valence-electron chi connectivity index (χ2n) is 5.64. The van der Waals surface area contributed by atoms with E-state index < -0.39 is 0 Å². The van der Waals surface area contributed by atoms with Crippen LogP contribution in [0.15, 0.2) is 48.5 Å². The van der Waals surface area contributed by atoms with Crippen LogP contribution in [0, 0.1) is 11.3 Å². The van der Waals surface area contributed by atoms with Crippen molar-refractivity contribution >= 4 is 10.9 Å². The Balaban J connectivity index is 2.01. The summed E-state index contributed by atoms with van der Waals surface area (Å²) >= 11 is 0. The van der Waals surface area contributed by atoms with Crippen molar-refractivity contribution in [3.05, 3.63) is 65.4 Å². The van der Waals surface area contributed by atoms with Crippen LogP contribution < -0.4 is 0 Å². The molecule has 1 heterocycles. The molecule has 0 amide bonds. The molecule has 102 valence electrons. The zero-order valence-corrected chi connectivity index (χ0v) is 11.8. The topological polar surface area (TPSA) is 28.7 Å². The molecule has 0 aliphatic heterocycles. The molecule has 2 nitrogen and oxygen atoms in total. The molecule has 0 saturated carbocycles. The molecule has 0 fully saturated rings. The second-order valence-corrected chi connectivity index (χ2v) is 5.64. The lowest BCUT2D eigenvalue weighted by atomic mass is 9.95. The fraction of sp³-hybridized carbons (Fsp3) is 0.211. The van der Waals surface area contributed by atoms with E-state index in [1.165, 1.54) is 41.4 Å². The van der Waals surface area contributed by atoms with Gasteiger partial charge in [0, 0.05) is 16.8 Å². The van der Waals surface area contributed by atoms with Gasteiger partial charge < -0.3 is 4.57 Å². The standard InChI is InChI=1S/C19H16N2/c20-13-14-9-11-15(12-10-14)21-18-7-3-1-5-16(18)17-6-2-4-8-19(17)21/h1,3,5,7,9-12H,2,4,6,8H2. The molecule has 0 unspecified atom stereocenters. The van der Waals surface area contributed by atoms with Crippen LogP contribution in [0.3, 0.4) is 0 Å². The van der Waals surface area contributed by atoms with Gasteiger partial charge in [-0.05, 0) is 61.6 Å². The average molecular weight is 272 g/mol. The summed E-state index contributed by atoms with van der Waals surface area (Å²) in [6, 6.07) is 18.8. The molecule has 1 aromatic heterocycles. The quantitative estimate of drug-likeness (QED) is 0.646. The SMILES string of the molecule is N#Cc1ccc(-n2c3c(c4ccccc42)CCCC3)cc1. The number of aromatic nitrogens is 1. The molecule has 3 aromatic rings. The van der Waals surface area contributed by atoms with E-state index in [1.807, 2.05) is 12.1 Å². The number of hydrogen-bond donors (Lipinski definition) is 0. The summed E-state index contributed by atoms with van der Waals surface area (Å²) in [5, 5.41) is 10.4. The molecule has 2 heteroatoms. The van der Waals surface area contributed by atoms with Gasteiger partial charge in [0.15, 0.2) is 0 Å². The summed E-state index contributed by atoms with van der Waals surface area (Å²) in [6.45, 7) is 0. The van der Waals surface area contributed by atoms with E-state index in [-0.39, 0.29) is 0 Å². The first kappa shape index (κ1) is 12.2. The van der Waals surface area contributed by atoms with Gasteiger partial charge in [0.2, 0.25) is 0 Å². The highest BCUT2D eigenvalue weighted by Crippen LogP contribution is 2.34. The Hall–Kier alpha value is -2.53. The zero-order chi connectivity index (χ0) is 14.2. The average Bonchev–Trinajstić information content (AvgIpc) is 2.90. The number of hydrogen-bond acceptors (Lipinski definition) is 1. The fourth-order valence-corrected chi connectivity index (χ4v) is 3.48. The smallest absolute Gasteiger partial charge is 0.0991 e. The van der Waals surface area contributed by atoms with E-state index in [0.717, 1.165) is 12.1 Å². The second kappa shape index (κ2) is 4.79. The molecule has 1 aliphatic rings. The Labute approximate surface area is 124 Å². The van der Waals surface area contributed by atoms with Gasteiger partial charge >= 0.3 is 0 Å². The summed E-state index contributed by atoms with van der Waals surface area (Å²) in [4.78, 5) is 0. The maximum Gasteiger partial charge on any atom is 0.0991 e. The van der Waals surface area contributed by atoms with Crippen molar-refractivity contribution in [3.8, 4) is 11.8 Å². The fourth-order valence-electron chi connectivity index (χ4n) is 3.48. The van der Waals surface area contributed by atoms with Crippen molar-refractivity contribution in [2.45, 2.75) is 25.7 Å². The highest BCUT2D eigenvalue weighted by atomic mass is 15.0. The van der Waals surface area contributed by atoms with E-state index >= 15 is 0 Å². The number of nitrogens with zero attached hydrogens (tertiary/aromatic N) is 2. The van der Waals surface area contributed by atoms with Crippen LogP contribution in [0.5, 0.6) is 0 Å². The predicted octanol–water partition coefficient (Wildman–Crippen LogP) is 4.38. The molecule has 0 atom stereocenters. The first-order chi connectivity index (χ1) is 10.4. The van der Waals surface area contributed by atoms with Gasteiger partial charge in [-0.15, -0.1) is 0 Å². The molecule has 0 bridgehead atoms. The van der Waals surface area contributed by atoms with Crippen LogP contribution in [-0.4, -0.2) is 4.57 Å². The lowest BCUT2D eigenvalue weighted by Crippen LogP contribution is -2.06. The van der Waals surface area contributed by atoms with E-state index in [4.69, 9.17) is 5.26 Å². The Kier molecular flexibility index (Phi) is 2.79. The highest BCUT2D eigenvalue weighted by molar-refractivity contribution is 5.87. The van der Waals surface area contributed by atoms with Crippen LogP contribution >= 0.6 is 0 Å². The summed E-state index contributed by atoms with van der Waals surface area (Å²) in [5.41, 5.74) is 6.12. The normalized spacial score (nSPS) is 13.9. The van der Waals surface area contributed by atoms with Crippen LogP contribution in [0.1, 0.15) is 29.7 Å². The van der Waals surface area contributed by atoms with Gasteiger partial charge in [-0.2, -0.15) is 5.26 Å². The number of fused-ring (bicyclic) bond motifs is 3. The van der Waals surface area contributed by atoms with Gasteiger partial charge in [-0.3, -0.25) is 0 Å². The first-order valence-corrected chi connectivity index (χ1v) is 7.50. The Morgan fingerprint density at radius 1 is 0.905 bits per heavy atom. The van der Waals surface area contributed by atoms with Crippen LogP contribution in [0.25, 0.3) is 16.6 Å². The van der Waals surface area contributed by atoms with Gasteiger partial charge in [-0.1, -0.05) is 18.2 Å². The number of nitriles is 1. The van der Waals surface area contributed by atoms with Crippen molar-refractivity contribution in [2.24, 2.45) is 0 Å². The Morgan fingerprint density at radius 2 is 1.67 bits per heavy atom. The number of para-hydroxylation sites is 1. The van der Waals surface area contributed by atoms with Crippen molar-refractivity contribution in [1.82, 2.24) is 4.57 Å². The number of aryl methyl sites for hydroxylation is 1. The lowest BCUT2D eigenvalue weighted by Gasteiger charge is -2.16. The van der Waals surface area contributed by atoms with Crippen LogP contribution in [0.4, 0.5) is 0 Å². The van der Waals surface area contributed by atoms with E-state index in [1.54, 1.807) is 0 Å². The third-order valence-electron chi connectivity index (χ3n) is 4.43. The predicted molar refractivity (Wildman–Crippen MR) is 84.6 cm³/mol. The highest BCUT2D eigenvalue weighted by Gasteiger charge is 2.20. The summed E-state index contributed by atoms with van der Waals surface area (Å²) in [6.07, 6.45) is 4.87. The van der Waals surface area contributed by atoms with Gasteiger partial charge in [0.25, 0.3) is 0 Å². The van der Waals surface area contributed by atoms with Crippen molar-refractivity contribution in [1.29, 1.82) is 5.26 Å². The summed E-state index contributed by atoms with van der Waals surface area (Å²) in [5.74, 6) is 0. The molecule has 1 aliphatic carbocycles. The van der Waals surface area contributed by atoms with E-state index in [9.17, 15) is 0 Å². The van der Waals surface area contributed by atoms with Crippen LogP contribution in [0.2, 0.25) is 0 Å². The zero-order valence-electron chi connectivity index (χ0n) is 11.8. The number of benzene rings is 2. The minimum Gasteiger partial charge on any atom is -0.313 e. The van der Waals surface area contributed by atoms with Crippen molar-refractivity contribution in [3.63, 3.8) is 0 Å². The largest absolute Gasteiger partial charge is 0.313 e. The Morgan fingerprint density at radius 3 is 2.48 bits per heavy atom. The molecule has 4 rings (SSSR count). The van der Waals surface area contributed by atoms with Gasteiger partial charge in [0.05, 0.1) is 17.1 Å². The minimum absolute atomic E-state index is 0.712. The maximum absolute atomic E-state index is 8.97. The van der Waals surface area contributed by atoms with Gasteiger partial charge in [0.1, 0.15) is 0 Å². The minimum atomic E-state index is 0.712. The lowest BCUT2D eigenvalue weighted by molar-refractivity contribution is 0.667. The molecule has 0 saturated heterocycles. The van der Waals surface area contributed by atoms with Crippen LogP contribution in [-0.2, 0) is 12.8 Å². The third-order valence-corrected chi connectivity index (χ3v) is 4.43. The van der Waals surface area contributed by atoms with E-state index in [0.29, 0.717) is 5.56 Å². The molecular weight excluding hydrogens is 256 g/mol. The van der Waals surface area contributed by atoms with Crippen molar-refractivity contribution in [2.75, 3.05) is 0 Å². The monoisotopic (exact) mass is 272 g/mol. The Bertz CT molecular complexity index is 848. The van der Waals surface area contributed by atoms with Crippen molar-refractivity contribution < 1.29 is 0 Å². The summed E-state index contributed by atoms with van der Waals surface area (Å²) in [7, 11) is 0. The van der Waals surface area contributed by atoms with Gasteiger partial charge in [-0.25, -0.2) is 0 Å².